The van der Waals surface area contributed by atoms with Crippen molar-refractivity contribution in [3.63, 3.8) is 0 Å². The summed E-state index contributed by atoms with van der Waals surface area (Å²) in [6.45, 7) is 3.30. The SMILES string of the molecule is CC(C)C(NC(=O)c1ccc(F)cc1)C(=O)Nc1nnc(C(F)(F)F)s1. The highest BCUT2D eigenvalue weighted by Gasteiger charge is 2.36. The Bertz CT molecular complexity index is 790. The van der Waals surface area contributed by atoms with Crippen LogP contribution in [-0.2, 0) is 11.0 Å². The van der Waals surface area contributed by atoms with Crippen molar-refractivity contribution in [2.24, 2.45) is 5.92 Å². The van der Waals surface area contributed by atoms with Crippen LogP contribution < -0.4 is 10.6 Å². The van der Waals surface area contributed by atoms with Crippen LogP contribution >= 0.6 is 11.3 Å². The maximum atomic E-state index is 12.9. The molecule has 0 bridgehead atoms. The number of halogens is 4. The summed E-state index contributed by atoms with van der Waals surface area (Å²) in [5.41, 5.74) is 0.139. The minimum atomic E-state index is -4.66. The van der Waals surface area contributed by atoms with E-state index in [-0.39, 0.29) is 27.9 Å². The first kappa shape index (κ1) is 19.8. The van der Waals surface area contributed by atoms with E-state index in [0.29, 0.717) is 0 Å². The van der Waals surface area contributed by atoms with Gasteiger partial charge < -0.3 is 5.32 Å². The maximum Gasteiger partial charge on any atom is 0.445 e. The molecule has 2 aromatic rings. The van der Waals surface area contributed by atoms with E-state index in [9.17, 15) is 27.2 Å². The summed E-state index contributed by atoms with van der Waals surface area (Å²) in [5.74, 6) is -2.24. The van der Waals surface area contributed by atoms with Gasteiger partial charge in [0.15, 0.2) is 0 Å². The molecule has 26 heavy (non-hydrogen) atoms. The standard InChI is InChI=1S/C15H14F4N4O2S/c1-7(2)10(20-11(24)8-3-5-9(16)6-4-8)12(25)21-14-23-22-13(26-14)15(17,18)19/h3-7,10H,1-2H3,(H,20,24)(H,21,23,25). The molecule has 1 heterocycles. The largest absolute Gasteiger partial charge is 0.445 e. The number of aromatic nitrogens is 2. The third-order valence-electron chi connectivity index (χ3n) is 3.24. The number of anilines is 1. The van der Waals surface area contributed by atoms with E-state index >= 15 is 0 Å². The molecule has 1 unspecified atom stereocenters. The number of hydrogen-bond acceptors (Lipinski definition) is 5. The second-order valence-electron chi connectivity index (χ2n) is 5.60. The van der Waals surface area contributed by atoms with Gasteiger partial charge in [0, 0.05) is 5.56 Å². The van der Waals surface area contributed by atoms with E-state index in [1.54, 1.807) is 13.8 Å². The van der Waals surface area contributed by atoms with Gasteiger partial charge in [0.1, 0.15) is 11.9 Å². The van der Waals surface area contributed by atoms with Gasteiger partial charge in [-0.15, -0.1) is 10.2 Å². The summed E-state index contributed by atoms with van der Waals surface area (Å²) in [6.07, 6.45) is -4.66. The summed E-state index contributed by atoms with van der Waals surface area (Å²) in [7, 11) is 0. The van der Waals surface area contributed by atoms with Crippen LogP contribution in [0.5, 0.6) is 0 Å². The Morgan fingerprint density at radius 2 is 1.73 bits per heavy atom. The van der Waals surface area contributed by atoms with Gasteiger partial charge in [-0.05, 0) is 30.2 Å². The lowest BCUT2D eigenvalue weighted by molar-refractivity contribution is -0.138. The van der Waals surface area contributed by atoms with Gasteiger partial charge in [-0.3, -0.25) is 14.9 Å². The number of benzene rings is 1. The van der Waals surface area contributed by atoms with Gasteiger partial charge in [-0.25, -0.2) is 4.39 Å². The first-order chi connectivity index (χ1) is 12.1. The first-order valence-electron chi connectivity index (χ1n) is 7.36. The van der Waals surface area contributed by atoms with E-state index in [1.807, 2.05) is 0 Å². The Morgan fingerprint density at radius 3 is 2.23 bits per heavy atom. The number of nitrogens with zero attached hydrogens (tertiary/aromatic N) is 2. The molecule has 1 atom stereocenters. The van der Waals surface area contributed by atoms with E-state index in [0.717, 1.165) is 12.1 Å². The van der Waals surface area contributed by atoms with Crippen LogP contribution in [0.15, 0.2) is 24.3 Å². The Kier molecular flexibility index (Phi) is 5.90. The summed E-state index contributed by atoms with van der Waals surface area (Å²) < 4.78 is 50.5. The lowest BCUT2D eigenvalue weighted by atomic mass is 10.0. The summed E-state index contributed by atoms with van der Waals surface area (Å²) in [5, 5.41) is 9.40. The minimum absolute atomic E-state index is 0.139. The Hall–Kier alpha value is -2.56. The quantitative estimate of drug-likeness (QED) is 0.769. The zero-order chi connectivity index (χ0) is 19.5. The topological polar surface area (TPSA) is 84.0 Å². The van der Waals surface area contributed by atoms with Gasteiger partial charge in [-0.2, -0.15) is 13.2 Å². The molecule has 0 aliphatic carbocycles. The molecule has 11 heteroatoms. The first-order valence-corrected chi connectivity index (χ1v) is 8.17. The summed E-state index contributed by atoms with van der Waals surface area (Å²) in [6, 6.07) is 3.66. The molecule has 2 amide bonds. The highest BCUT2D eigenvalue weighted by molar-refractivity contribution is 7.15. The average molecular weight is 390 g/mol. The second-order valence-corrected chi connectivity index (χ2v) is 6.58. The molecule has 140 valence electrons. The zero-order valence-electron chi connectivity index (χ0n) is 13.6. The van der Waals surface area contributed by atoms with Gasteiger partial charge in [0.25, 0.3) is 5.91 Å². The van der Waals surface area contributed by atoms with Crippen molar-refractivity contribution in [1.29, 1.82) is 0 Å². The molecule has 0 radical (unpaired) electrons. The molecule has 2 N–H and O–H groups in total. The van der Waals surface area contributed by atoms with Crippen LogP contribution in [0.25, 0.3) is 0 Å². The predicted molar refractivity (Wildman–Crippen MR) is 86.0 cm³/mol. The molecular formula is C15H14F4N4O2S. The summed E-state index contributed by atoms with van der Waals surface area (Å²) in [4.78, 5) is 24.5. The number of carbonyl (C=O) groups excluding carboxylic acids is 2. The molecule has 0 saturated carbocycles. The molecule has 2 rings (SSSR count). The average Bonchev–Trinajstić information content (AvgIpc) is 3.01. The summed E-state index contributed by atoms with van der Waals surface area (Å²) >= 11 is 0.181. The smallest absolute Gasteiger partial charge is 0.340 e. The fourth-order valence-corrected chi connectivity index (χ4v) is 2.55. The van der Waals surface area contributed by atoms with Crippen molar-refractivity contribution in [3.8, 4) is 0 Å². The van der Waals surface area contributed by atoms with E-state index in [2.05, 4.69) is 20.8 Å². The Morgan fingerprint density at radius 1 is 1.12 bits per heavy atom. The number of rotatable bonds is 5. The molecular weight excluding hydrogens is 376 g/mol. The third kappa shape index (κ3) is 4.97. The van der Waals surface area contributed by atoms with Crippen molar-refractivity contribution < 1.29 is 27.2 Å². The van der Waals surface area contributed by atoms with Crippen molar-refractivity contribution in [2.75, 3.05) is 5.32 Å². The third-order valence-corrected chi connectivity index (χ3v) is 4.12. The molecule has 0 aliphatic heterocycles. The van der Waals surface area contributed by atoms with Crippen molar-refractivity contribution in [2.45, 2.75) is 26.1 Å². The monoisotopic (exact) mass is 390 g/mol. The van der Waals surface area contributed by atoms with E-state index in [1.165, 1.54) is 12.1 Å². The fourth-order valence-electron chi connectivity index (χ4n) is 1.93. The van der Waals surface area contributed by atoms with Crippen LogP contribution in [0.3, 0.4) is 0 Å². The van der Waals surface area contributed by atoms with Gasteiger partial charge in [-0.1, -0.05) is 25.2 Å². The number of alkyl halides is 3. The molecule has 0 saturated heterocycles. The highest BCUT2D eigenvalue weighted by Crippen LogP contribution is 2.33. The minimum Gasteiger partial charge on any atom is -0.340 e. The van der Waals surface area contributed by atoms with Gasteiger partial charge >= 0.3 is 6.18 Å². The number of hydrogen-bond donors (Lipinski definition) is 2. The van der Waals surface area contributed by atoms with Gasteiger partial charge in [0.2, 0.25) is 16.0 Å². The van der Waals surface area contributed by atoms with Crippen LogP contribution in [0.2, 0.25) is 0 Å². The molecule has 0 fully saturated rings. The molecule has 6 nitrogen and oxygen atoms in total. The zero-order valence-corrected chi connectivity index (χ0v) is 14.4. The normalized spacial score (nSPS) is 12.7. The lowest BCUT2D eigenvalue weighted by Gasteiger charge is -2.21. The van der Waals surface area contributed by atoms with Crippen LogP contribution in [0.1, 0.15) is 29.2 Å². The van der Waals surface area contributed by atoms with Crippen LogP contribution in [0, 0.1) is 11.7 Å². The number of nitrogens with one attached hydrogen (secondary N) is 2. The molecule has 0 aliphatic rings. The van der Waals surface area contributed by atoms with Crippen LogP contribution in [0.4, 0.5) is 22.7 Å². The second kappa shape index (κ2) is 7.77. The van der Waals surface area contributed by atoms with Crippen molar-refractivity contribution in [1.82, 2.24) is 15.5 Å². The van der Waals surface area contributed by atoms with E-state index in [4.69, 9.17) is 0 Å². The number of amides is 2. The molecule has 1 aromatic carbocycles. The van der Waals surface area contributed by atoms with Crippen molar-refractivity contribution >= 4 is 28.3 Å². The highest BCUT2D eigenvalue weighted by atomic mass is 32.1. The molecule has 0 spiro atoms. The van der Waals surface area contributed by atoms with Crippen molar-refractivity contribution in [3.05, 3.63) is 40.7 Å². The molecule has 1 aromatic heterocycles. The Labute approximate surface area is 149 Å². The van der Waals surface area contributed by atoms with Crippen LogP contribution in [-0.4, -0.2) is 28.1 Å². The maximum absolute atomic E-state index is 12.9. The Balaban J connectivity index is 2.08. The number of carbonyl (C=O) groups is 2. The van der Waals surface area contributed by atoms with Gasteiger partial charge in [0.05, 0.1) is 0 Å². The predicted octanol–water partition coefficient (Wildman–Crippen LogP) is 3.09. The van der Waals surface area contributed by atoms with E-state index < -0.39 is 34.9 Å². The lowest BCUT2D eigenvalue weighted by Crippen LogP contribution is -2.47. The fraction of sp³-hybridized carbons (Fsp3) is 0.333.